The van der Waals surface area contributed by atoms with Gasteiger partial charge in [0, 0.05) is 32.8 Å². The molecule has 5 nitrogen and oxygen atoms in total. The first-order valence-corrected chi connectivity index (χ1v) is 19.6. The summed E-state index contributed by atoms with van der Waals surface area (Å²) in [6, 6.07) is 28.1. The van der Waals surface area contributed by atoms with Crippen LogP contribution in [0.5, 0.6) is 0 Å². The van der Waals surface area contributed by atoms with E-state index >= 15 is 0 Å². The summed E-state index contributed by atoms with van der Waals surface area (Å²) in [5.74, 6) is -0.0569. The monoisotopic (exact) mass is 780 g/mol. The fourth-order valence-electron chi connectivity index (χ4n) is 8.59. The molecule has 262 valence electrons. The molecule has 0 unspecified atom stereocenters. The lowest BCUT2D eigenvalue weighted by atomic mass is 9.56. The van der Waals surface area contributed by atoms with Gasteiger partial charge in [-0.05, 0) is 47.5 Å². The van der Waals surface area contributed by atoms with E-state index in [9.17, 15) is 0 Å². The molecule has 0 bridgehead atoms. The zero-order valence-corrected chi connectivity index (χ0v) is 33.9. The first-order valence-electron chi connectivity index (χ1n) is 19.6. The zero-order valence-electron chi connectivity index (χ0n) is 33.9. The van der Waals surface area contributed by atoms with Crippen LogP contribution in [0.25, 0.3) is 94.7 Å². The van der Waals surface area contributed by atoms with Gasteiger partial charge >= 0.3 is 0 Å². The van der Waals surface area contributed by atoms with Crippen LogP contribution in [-0.2, 0) is 0 Å². The molecule has 64 heavy (non-hydrogen) atoms. The van der Waals surface area contributed by atoms with E-state index in [1.807, 2.05) is 54.6 Å². The van der Waals surface area contributed by atoms with Crippen molar-refractivity contribution in [2.75, 3.05) is 0 Å². The summed E-state index contributed by atoms with van der Waals surface area (Å²) < 4.78 is 8.82. The van der Waals surface area contributed by atoms with Gasteiger partial charge < -0.3 is 8.98 Å². The Labute approximate surface area is 387 Å². The second-order valence-corrected chi connectivity index (χ2v) is 15.4. The zero-order chi connectivity index (χ0) is 45.2. The highest BCUT2D eigenvalue weighted by Gasteiger charge is 2.25. The maximum atomic E-state index is 6.98. The van der Waals surface area contributed by atoms with Gasteiger partial charge in [-0.25, -0.2) is 15.0 Å². The van der Waals surface area contributed by atoms with E-state index in [4.69, 9.17) is 129 Å². The third-order valence-electron chi connectivity index (χ3n) is 11.9. The molecule has 0 aliphatic heterocycles. The standard InChI is InChI=1S/C45H14B14N4O/c46-29-25(26-31(48)37(54)41(58)38(55)32(26)49)30(47)36(53)33(50)27(29)44-60-43(61-45(62-44)28-34(51)39(56)42(59)40(57)35(28)52)15-12-13-18-23(14-15)64-22-11-5-10-21(24(18)22)63-19-8-3-1-6-16(19)17-7-2-4-9-20(17)63/h1-14H. The molecular formula is C45H14B14N4O. The predicted molar refractivity (Wildman–Crippen MR) is 279 cm³/mol. The average Bonchev–Trinajstić information content (AvgIpc) is 3.85. The molecule has 0 N–H and O–H groups in total. The molecule has 0 aliphatic carbocycles. The summed E-state index contributed by atoms with van der Waals surface area (Å²) in [6.45, 7) is 0. The molecule has 3 heterocycles. The largest absolute Gasteiger partial charge is 0.456 e. The topological polar surface area (TPSA) is 56.7 Å². The van der Waals surface area contributed by atoms with Crippen molar-refractivity contribution < 1.29 is 4.42 Å². The Morgan fingerprint density at radius 1 is 0.344 bits per heavy atom. The number of aromatic nitrogens is 4. The number of rotatable bonds is 5. The Morgan fingerprint density at radius 3 is 1.30 bits per heavy atom. The molecule has 10 aromatic rings. The smallest absolute Gasteiger partial charge is 0.164 e. The van der Waals surface area contributed by atoms with Gasteiger partial charge in [-0.1, -0.05) is 86.8 Å². The maximum absolute atomic E-state index is 6.98. The number of nitrogens with zero attached hydrogens (tertiary/aromatic N) is 4. The van der Waals surface area contributed by atoms with Crippen molar-refractivity contribution in [3.05, 3.63) is 84.9 Å². The second kappa shape index (κ2) is 15.4. The molecule has 19 heteroatoms. The van der Waals surface area contributed by atoms with Gasteiger partial charge in [0.1, 0.15) is 121 Å². The Bertz CT molecular complexity index is 3590. The van der Waals surface area contributed by atoms with Gasteiger partial charge in [-0.15, -0.1) is 38.2 Å². The van der Waals surface area contributed by atoms with Crippen molar-refractivity contribution in [1.82, 2.24) is 19.5 Å². The van der Waals surface area contributed by atoms with Gasteiger partial charge in [-0.2, -0.15) is 0 Å². The predicted octanol–water partition coefficient (Wildman–Crippen LogP) is -5.35. The molecule has 28 radical (unpaired) electrons. The number of hydrogen-bond donors (Lipinski definition) is 0. The number of benzene rings is 7. The van der Waals surface area contributed by atoms with Crippen molar-refractivity contribution in [2.45, 2.75) is 0 Å². The van der Waals surface area contributed by atoms with Crippen LogP contribution in [0, 0.1) is 0 Å². The van der Waals surface area contributed by atoms with Gasteiger partial charge in [0.05, 0.1) is 22.1 Å². The van der Waals surface area contributed by atoms with Crippen molar-refractivity contribution in [3.63, 3.8) is 0 Å². The highest BCUT2D eigenvalue weighted by atomic mass is 16.3. The van der Waals surface area contributed by atoms with Crippen LogP contribution in [0.3, 0.4) is 0 Å². The lowest BCUT2D eigenvalue weighted by molar-refractivity contribution is 0.669. The van der Waals surface area contributed by atoms with Gasteiger partial charge in [-0.3, -0.25) is 0 Å². The van der Waals surface area contributed by atoms with Crippen molar-refractivity contribution in [2.24, 2.45) is 0 Å². The summed E-state index contributed by atoms with van der Waals surface area (Å²) in [4.78, 5) is 14.6. The minimum Gasteiger partial charge on any atom is -0.456 e. The van der Waals surface area contributed by atoms with Crippen LogP contribution in [-0.4, -0.2) is 129 Å². The molecule has 0 saturated carbocycles. The Balaban J connectivity index is 1.24. The van der Waals surface area contributed by atoms with Crippen molar-refractivity contribution in [3.8, 4) is 51.0 Å². The molecule has 0 aliphatic rings. The van der Waals surface area contributed by atoms with E-state index in [0.29, 0.717) is 16.7 Å². The van der Waals surface area contributed by atoms with E-state index < -0.39 is 0 Å². The van der Waals surface area contributed by atoms with E-state index in [0.717, 1.165) is 38.3 Å². The molecule has 3 aromatic heterocycles. The Kier molecular flexibility index (Phi) is 10.1. The first kappa shape index (κ1) is 42.0. The van der Waals surface area contributed by atoms with Gasteiger partial charge in [0.25, 0.3) is 0 Å². The summed E-state index contributed by atoms with van der Waals surface area (Å²) in [7, 11) is 90.5. The van der Waals surface area contributed by atoms with Gasteiger partial charge in [0.15, 0.2) is 17.5 Å². The van der Waals surface area contributed by atoms with E-state index in [2.05, 4.69) is 34.9 Å². The summed E-state index contributed by atoms with van der Waals surface area (Å²) in [5, 5.41) is 3.98. The fraction of sp³-hybridized carbons (Fsp3) is 0. The summed E-state index contributed by atoms with van der Waals surface area (Å²) in [6.07, 6.45) is 0. The van der Waals surface area contributed by atoms with E-state index in [1.54, 1.807) is 0 Å². The Morgan fingerprint density at radius 2 is 0.766 bits per heavy atom. The first-order chi connectivity index (χ1) is 30.6. The van der Waals surface area contributed by atoms with Crippen LogP contribution >= 0.6 is 0 Å². The minimum atomic E-state index is -0.0989. The normalized spacial score (nSPS) is 11.7. The quantitative estimate of drug-likeness (QED) is 0.164. The Hall–Kier alpha value is -5.94. The number of para-hydroxylation sites is 2. The lowest BCUT2D eigenvalue weighted by Gasteiger charge is -2.28. The average molecular weight is 778 g/mol. The summed E-state index contributed by atoms with van der Waals surface area (Å²) in [5.41, 5.74) is 4.23. The molecule has 7 aromatic carbocycles. The number of hydrogen-bond acceptors (Lipinski definition) is 4. The summed E-state index contributed by atoms with van der Waals surface area (Å²) >= 11 is 0. The number of furan rings is 1. The highest BCUT2D eigenvalue weighted by molar-refractivity contribution is 6.71. The molecule has 0 saturated heterocycles. The molecule has 0 amide bonds. The van der Waals surface area contributed by atoms with E-state index in [1.165, 1.54) is 0 Å². The molecule has 10 rings (SSSR count). The van der Waals surface area contributed by atoms with Crippen LogP contribution in [0.4, 0.5) is 0 Å². The van der Waals surface area contributed by atoms with Crippen LogP contribution in [0.15, 0.2) is 89.3 Å². The lowest BCUT2D eigenvalue weighted by Crippen LogP contribution is -2.57. The van der Waals surface area contributed by atoms with Crippen molar-refractivity contribution >= 4 is 230 Å². The third kappa shape index (κ3) is 6.09. The SMILES string of the molecule is [B]c1c([B])c([B])c(-c2nc(-c3ccc4c(c3)oc3cccc(-n5c6ccccc6c6ccccc65)c34)nc(-c3c([B])c([B])c([B])c(-c4c([B])c([B])c([B])c([B])c4[B])c3[B])n2)c([B])c1[B]. The van der Waals surface area contributed by atoms with Gasteiger partial charge in [0.2, 0.25) is 0 Å². The van der Waals surface area contributed by atoms with Crippen molar-refractivity contribution in [1.29, 1.82) is 0 Å². The molecular weight excluding hydrogens is 764 g/mol. The number of fused-ring (bicyclic) bond motifs is 6. The highest BCUT2D eigenvalue weighted by Crippen LogP contribution is 2.39. The molecule has 0 atom stereocenters. The molecule has 0 spiro atoms. The van der Waals surface area contributed by atoms with Crippen LogP contribution in [0.2, 0.25) is 0 Å². The fourth-order valence-corrected chi connectivity index (χ4v) is 8.59. The minimum absolute atomic E-state index is 0.00877. The van der Waals surface area contributed by atoms with Crippen LogP contribution < -0.4 is 76.5 Å². The molecule has 0 fully saturated rings. The second-order valence-electron chi connectivity index (χ2n) is 15.4. The third-order valence-corrected chi connectivity index (χ3v) is 11.9. The maximum Gasteiger partial charge on any atom is 0.164 e. The van der Waals surface area contributed by atoms with Crippen LogP contribution in [0.1, 0.15) is 0 Å². The van der Waals surface area contributed by atoms with E-state index in [-0.39, 0.29) is 116 Å².